The van der Waals surface area contributed by atoms with Crippen molar-refractivity contribution in [3.8, 4) is 11.6 Å². The van der Waals surface area contributed by atoms with Gasteiger partial charge in [-0.15, -0.1) is 0 Å². The number of likely N-dealkylation sites (tertiary alicyclic amines) is 1. The molecule has 1 aliphatic heterocycles. The summed E-state index contributed by atoms with van der Waals surface area (Å²) < 4.78 is 7.74. The molecule has 27 heavy (non-hydrogen) atoms. The van der Waals surface area contributed by atoms with Crippen molar-refractivity contribution in [2.75, 3.05) is 13.1 Å². The molecular weight excluding hydrogens is 342 g/mol. The monoisotopic (exact) mass is 365 g/mol. The van der Waals surface area contributed by atoms with Crippen molar-refractivity contribution in [2.24, 2.45) is 0 Å². The maximum Gasteiger partial charge on any atom is 0.317 e. The van der Waals surface area contributed by atoms with Gasteiger partial charge in [0.2, 0.25) is 0 Å². The summed E-state index contributed by atoms with van der Waals surface area (Å²) in [7, 11) is 0. The number of urea groups is 1. The Bertz CT molecular complexity index is 943. The summed E-state index contributed by atoms with van der Waals surface area (Å²) in [5.74, 6) is 1.50. The first-order valence-electron chi connectivity index (χ1n) is 9.72. The summed E-state index contributed by atoms with van der Waals surface area (Å²) in [5.41, 5.74) is 1.68. The number of hydrogen-bond acceptors (Lipinski definition) is 4. The number of amides is 2. The Morgan fingerprint density at radius 2 is 2.07 bits per heavy atom. The molecule has 2 fully saturated rings. The minimum Gasteiger partial charge on any atom is -0.461 e. The lowest BCUT2D eigenvalue weighted by molar-refractivity contribution is 0.203. The van der Waals surface area contributed by atoms with Crippen LogP contribution in [-0.4, -0.2) is 44.6 Å². The van der Waals surface area contributed by atoms with Crippen LogP contribution < -0.4 is 5.32 Å². The van der Waals surface area contributed by atoms with Crippen LogP contribution >= 0.6 is 0 Å². The van der Waals surface area contributed by atoms with E-state index in [1.165, 1.54) is 12.8 Å². The third kappa shape index (κ3) is 2.97. The minimum absolute atomic E-state index is 0.0568. The average Bonchev–Trinajstić information content (AvgIpc) is 3.46. The summed E-state index contributed by atoms with van der Waals surface area (Å²) in [5, 5.41) is 3.19. The van der Waals surface area contributed by atoms with Crippen LogP contribution in [0, 0.1) is 0 Å². The summed E-state index contributed by atoms with van der Waals surface area (Å²) in [4.78, 5) is 23.9. The van der Waals surface area contributed by atoms with E-state index in [-0.39, 0.29) is 12.1 Å². The predicted octanol–water partition coefficient (Wildman–Crippen LogP) is 3.59. The second-order valence-corrected chi connectivity index (χ2v) is 7.45. The molecule has 4 heterocycles. The Balaban J connectivity index is 1.42. The molecule has 2 amide bonds. The molecule has 3 aromatic rings. The lowest BCUT2D eigenvalue weighted by atomic mass is 10.2. The molecule has 5 rings (SSSR count). The van der Waals surface area contributed by atoms with Gasteiger partial charge in [0.25, 0.3) is 0 Å². The van der Waals surface area contributed by atoms with Gasteiger partial charge in [-0.2, -0.15) is 0 Å². The average molecular weight is 365 g/mol. The first-order chi connectivity index (χ1) is 13.3. The lowest BCUT2D eigenvalue weighted by Crippen LogP contribution is -2.43. The first-order valence-corrected chi connectivity index (χ1v) is 9.72. The number of pyridine rings is 1. The lowest BCUT2D eigenvalue weighted by Gasteiger charge is -2.21. The number of nitrogens with zero attached hydrogens (tertiary/aromatic N) is 4. The number of carbonyl (C=O) groups is 1. The quantitative estimate of drug-likeness (QED) is 0.769. The third-order valence-corrected chi connectivity index (χ3v) is 5.69. The van der Waals surface area contributed by atoms with Crippen molar-refractivity contribution in [1.29, 1.82) is 0 Å². The van der Waals surface area contributed by atoms with Crippen LogP contribution in [0.15, 0.2) is 41.1 Å². The van der Waals surface area contributed by atoms with E-state index < -0.39 is 0 Å². The molecule has 0 unspecified atom stereocenters. The number of furan rings is 1. The SMILES string of the molecule is O=C(NC1CCCC1)N1CC[C@@H](n2c(-c3ccco3)nc3cccnc32)C1. The van der Waals surface area contributed by atoms with Crippen LogP contribution in [0.4, 0.5) is 4.79 Å². The molecule has 0 aromatic carbocycles. The van der Waals surface area contributed by atoms with Gasteiger partial charge in [-0.25, -0.2) is 14.8 Å². The molecule has 1 aliphatic carbocycles. The zero-order chi connectivity index (χ0) is 18.2. The first kappa shape index (κ1) is 16.4. The predicted molar refractivity (Wildman–Crippen MR) is 101 cm³/mol. The van der Waals surface area contributed by atoms with E-state index >= 15 is 0 Å². The van der Waals surface area contributed by atoms with Gasteiger partial charge in [-0.05, 0) is 43.5 Å². The fraction of sp³-hybridized carbons (Fsp3) is 0.450. The number of nitrogens with one attached hydrogen (secondary N) is 1. The van der Waals surface area contributed by atoms with Crippen molar-refractivity contribution < 1.29 is 9.21 Å². The van der Waals surface area contributed by atoms with Gasteiger partial charge in [0.05, 0.1) is 12.3 Å². The molecule has 7 heteroatoms. The highest BCUT2D eigenvalue weighted by atomic mass is 16.3. The molecule has 0 bridgehead atoms. The van der Waals surface area contributed by atoms with E-state index in [4.69, 9.17) is 9.40 Å². The zero-order valence-electron chi connectivity index (χ0n) is 15.2. The molecule has 3 aromatic heterocycles. The van der Waals surface area contributed by atoms with Crippen LogP contribution in [0.1, 0.15) is 38.1 Å². The Kier molecular flexibility index (Phi) is 4.07. The molecular formula is C20H23N5O2. The minimum atomic E-state index is 0.0568. The van der Waals surface area contributed by atoms with Crippen molar-refractivity contribution >= 4 is 17.2 Å². The largest absolute Gasteiger partial charge is 0.461 e. The van der Waals surface area contributed by atoms with E-state index in [1.54, 1.807) is 12.5 Å². The van der Waals surface area contributed by atoms with E-state index in [1.807, 2.05) is 29.2 Å². The fourth-order valence-corrected chi connectivity index (χ4v) is 4.33. The smallest absolute Gasteiger partial charge is 0.317 e. The molecule has 0 radical (unpaired) electrons. The van der Waals surface area contributed by atoms with Crippen molar-refractivity contribution in [3.05, 3.63) is 36.7 Å². The van der Waals surface area contributed by atoms with E-state index in [2.05, 4.69) is 14.9 Å². The van der Waals surface area contributed by atoms with Gasteiger partial charge < -0.3 is 19.2 Å². The fourth-order valence-electron chi connectivity index (χ4n) is 4.33. The summed E-state index contributed by atoms with van der Waals surface area (Å²) in [6.07, 6.45) is 8.95. The van der Waals surface area contributed by atoms with Gasteiger partial charge in [0, 0.05) is 25.3 Å². The number of aromatic nitrogens is 3. The summed E-state index contributed by atoms with van der Waals surface area (Å²) in [6, 6.07) is 8.16. The summed E-state index contributed by atoms with van der Waals surface area (Å²) >= 11 is 0. The van der Waals surface area contributed by atoms with E-state index in [0.717, 1.165) is 48.6 Å². The second-order valence-electron chi connectivity index (χ2n) is 7.45. The number of carbonyl (C=O) groups excluding carboxylic acids is 1. The Labute approximate surface area is 157 Å². The van der Waals surface area contributed by atoms with Crippen molar-refractivity contribution in [2.45, 2.75) is 44.2 Å². The van der Waals surface area contributed by atoms with Crippen LogP contribution in [0.25, 0.3) is 22.7 Å². The standard InChI is InChI=1S/C20H23N5O2/c26-20(22-14-5-1-2-6-14)24-11-9-15(13-24)25-18-16(7-3-10-21-18)23-19(25)17-8-4-12-27-17/h3-4,7-8,10,12,14-15H,1-2,5-6,9,11,13H2,(H,22,26)/t15-/m1/s1. The Hall–Kier alpha value is -2.83. The van der Waals surface area contributed by atoms with E-state index in [9.17, 15) is 4.79 Å². The molecule has 0 spiro atoms. The molecule has 2 aliphatic rings. The van der Waals surface area contributed by atoms with Crippen LogP contribution in [0.5, 0.6) is 0 Å². The van der Waals surface area contributed by atoms with E-state index in [0.29, 0.717) is 12.6 Å². The second kappa shape index (κ2) is 6.72. The van der Waals surface area contributed by atoms with Gasteiger partial charge in [-0.3, -0.25) is 0 Å². The number of imidazole rings is 1. The maximum atomic E-state index is 12.6. The number of fused-ring (bicyclic) bond motifs is 1. The van der Waals surface area contributed by atoms with Gasteiger partial charge in [0.15, 0.2) is 17.2 Å². The molecule has 1 atom stereocenters. The highest BCUT2D eigenvalue weighted by Crippen LogP contribution is 2.32. The zero-order valence-corrected chi connectivity index (χ0v) is 15.2. The van der Waals surface area contributed by atoms with Crippen LogP contribution in [0.3, 0.4) is 0 Å². The van der Waals surface area contributed by atoms with Crippen LogP contribution in [-0.2, 0) is 0 Å². The van der Waals surface area contributed by atoms with Gasteiger partial charge in [0.1, 0.15) is 5.52 Å². The third-order valence-electron chi connectivity index (χ3n) is 5.69. The number of rotatable bonds is 3. The topological polar surface area (TPSA) is 76.2 Å². The van der Waals surface area contributed by atoms with Crippen LogP contribution in [0.2, 0.25) is 0 Å². The van der Waals surface area contributed by atoms with Crippen molar-refractivity contribution in [1.82, 2.24) is 24.8 Å². The molecule has 7 nitrogen and oxygen atoms in total. The molecule has 1 saturated carbocycles. The van der Waals surface area contributed by atoms with Gasteiger partial charge in [-0.1, -0.05) is 12.8 Å². The molecule has 1 saturated heterocycles. The Morgan fingerprint density at radius 1 is 1.19 bits per heavy atom. The van der Waals surface area contributed by atoms with Crippen molar-refractivity contribution in [3.63, 3.8) is 0 Å². The highest BCUT2D eigenvalue weighted by Gasteiger charge is 2.32. The molecule has 1 N–H and O–H groups in total. The van der Waals surface area contributed by atoms with Gasteiger partial charge >= 0.3 is 6.03 Å². The normalized spacial score (nSPS) is 20.6. The molecule has 140 valence electrons. The summed E-state index contributed by atoms with van der Waals surface area (Å²) in [6.45, 7) is 1.40. The maximum absolute atomic E-state index is 12.6. The highest BCUT2D eigenvalue weighted by molar-refractivity contribution is 5.77. The number of hydrogen-bond donors (Lipinski definition) is 1. The Morgan fingerprint density at radius 3 is 2.89 bits per heavy atom.